The molecule has 0 spiro atoms. The van der Waals surface area contributed by atoms with Gasteiger partial charge in [0.15, 0.2) is 5.82 Å². The quantitative estimate of drug-likeness (QED) is 0.425. The normalized spacial score (nSPS) is 15.8. The number of hydrogen-bond donors (Lipinski definition) is 1. The lowest BCUT2D eigenvalue weighted by Gasteiger charge is -2.36. The summed E-state index contributed by atoms with van der Waals surface area (Å²) in [7, 11) is 0. The minimum absolute atomic E-state index is 0.0267. The fraction of sp³-hybridized carbons (Fsp3) is 0.516. The number of nitrogens with one attached hydrogen (secondary N) is 1. The molecule has 13 nitrogen and oxygen atoms in total. The van der Waals surface area contributed by atoms with Gasteiger partial charge in [0, 0.05) is 50.8 Å². The number of ether oxygens (including phenoxy) is 2. The summed E-state index contributed by atoms with van der Waals surface area (Å²) >= 11 is 0. The van der Waals surface area contributed by atoms with Gasteiger partial charge in [-0.2, -0.15) is 0 Å². The van der Waals surface area contributed by atoms with Crippen LogP contribution in [0.1, 0.15) is 57.9 Å². The van der Waals surface area contributed by atoms with Crippen LogP contribution >= 0.6 is 0 Å². The number of carbonyl (C=O) groups excluding carboxylic acids is 4. The molecule has 3 heterocycles. The summed E-state index contributed by atoms with van der Waals surface area (Å²) in [6, 6.07) is 9.87. The molecular formula is C31H41N7O6. The predicted octanol–water partition coefficient (Wildman–Crippen LogP) is 2.90. The average molecular weight is 608 g/mol. The van der Waals surface area contributed by atoms with E-state index in [0.29, 0.717) is 37.8 Å². The van der Waals surface area contributed by atoms with Crippen LogP contribution < -0.4 is 10.2 Å². The topological polar surface area (TPSA) is 147 Å². The zero-order chi connectivity index (χ0) is 31.9. The van der Waals surface area contributed by atoms with Crippen LogP contribution in [0.3, 0.4) is 0 Å². The van der Waals surface area contributed by atoms with Gasteiger partial charge in [0.1, 0.15) is 29.0 Å². The molecule has 0 unspecified atom stereocenters. The number of amidine groups is 1. The molecular weight excluding hydrogens is 566 g/mol. The molecule has 13 heteroatoms. The summed E-state index contributed by atoms with van der Waals surface area (Å²) in [6.07, 6.45) is -0.481. The number of piperazine rings is 1. The summed E-state index contributed by atoms with van der Waals surface area (Å²) < 4.78 is 10.5. The van der Waals surface area contributed by atoms with E-state index < -0.39 is 29.6 Å². The lowest BCUT2D eigenvalue weighted by Crippen LogP contribution is -2.56. The molecule has 1 aromatic heterocycles. The van der Waals surface area contributed by atoms with Gasteiger partial charge in [-0.3, -0.25) is 19.4 Å². The first-order chi connectivity index (χ1) is 20.9. The zero-order valence-corrected chi connectivity index (χ0v) is 26.0. The number of anilines is 1. The van der Waals surface area contributed by atoms with Gasteiger partial charge >= 0.3 is 12.1 Å². The summed E-state index contributed by atoms with van der Waals surface area (Å²) in [6.45, 7) is 11.5. The van der Waals surface area contributed by atoms with E-state index in [0.717, 1.165) is 11.4 Å². The number of rotatable bonds is 9. The molecule has 1 fully saturated rings. The molecule has 0 saturated carbocycles. The fourth-order valence-electron chi connectivity index (χ4n) is 4.93. The number of nitrogens with zero attached hydrogens (tertiary/aromatic N) is 6. The Labute approximate surface area is 257 Å². The van der Waals surface area contributed by atoms with Crippen LogP contribution in [-0.2, 0) is 19.1 Å². The maximum absolute atomic E-state index is 13.8. The molecule has 0 bridgehead atoms. The highest BCUT2D eigenvalue weighted by Crippen LogP contribution is 2.22. The van der Waals surface area contributed by atoms with Gasteiger partial charge in [-0.05, 0) is 41.0 Å². The highest BCUT2D eigenvalue weighted by Gasteiger charge is 2.32. The van der Waals surface area contributed by atoms with Crippen molar-refractivity contribution < 1.29 is 28.7 Å². The van der Waals surface area contributed by atoms with E-state index in [2.05, 4.69) is 15.3 Å². The van der Waals surface area contributed by atoms with Crippen molar-refractivity contribution in [3.05, 3.63) is 42.1 Å². The number of benzene rings is 1. The summed E-state index contributed by atoms with van der Waals surface area (Å²) in [5.41, 5.74) is 0.121. The van der Waals surface area contributed by atoms with Crippen molar-refractivity contribution in [3.8, 4) is 11.4 Å². The van der Waals surface area contributed by atoms with Crippen LogP contribution in [0, 0.1) is 0 Å². The van der Waals surface area contributed by atoms with Crippen LogP contribution in [0.5, 0.6) is 0 Å². The Morgan fingerprint density at radius 1 is 0.977 bits per heavy atom. The second-order valence-corrected chi connectivity index (χ2v) is 11.5. The van der Waals surface area contributed by atoms with E-state index in [1.165, 1.54) is 0 Å². The van der Waals surface area contributed by atoms with Crippen molar-refractivity contribution >= 4 is 35.5 Å². The fourth-order valence-corrected chi connectivity index (χ4v) is 4.93. The molecule has 1 aromatic carbocycles. The van der Waals surface area contributed by atoms with E-state index in [1.807, 2.05) is 42.2 Å². The van der Waals surface area contributed by atoms with Crippen molar-refractivity contribution in [2.45, 2.75) is 59.1 Å². The zero-order valence-electron chi connectivity index (χ0n) is 26.0. The third-order valence-corrected chi connectivity index (χ3v) is 7.09. The van der Waals surface area contributed by atoms with Crippen LogP contribution in [-0.4, -0.2) is 107 Å². The molecule has 0 radical (unpaired) electrons. The van der Waals surface area contributed by atoms with E-state index in [1.54, 1.807) is 43.6 Å². The van der Waals surface area contributed by atoms with Crippen LogP contribution in [0.25, 0.3) is 11.4 Å². The minimum Gasteiger partial charge on any atom is -0.460 e. The van der Waals surface area contributed by atoms with E-state index in [-0.39, 0.29) is 44.1 Å². The average Bonchev–Trinajstić information content (AvgIpc) is 3.44. The lowest BCUT2D eigenvalue weighted by molar-refractivity contribution is -0.155. The van der Waals surface area contributed by atoms with Gasteiger partial charge < -0.3 is 29.5 Å². The Bertz CT molecular complexity index is 1380. The molecule has 1 saturated heterocycles. The van der Waals surface area contributed by atoms with Crippen molar-refractivity contribution in [2.24, 2.45) is 4.99 Å². The minimum atomic E-state index is -1.03. The summed E-state index contributed by atoms with van der Waals surface area (Å²) in [5, 5.41) is 2.83. The highest BCUT2D eigenvalue weighted by molar-refractivity contribution is 6.00. The number of amides is 3. The molecule has 3 amide bonds. The van der Waals surface area contributed by atoms with Gasteiger partial charge in [-0.15, -0.1) is 0 Å². The van der Waals surface area contributed by atoms with Crippen LogP contribution in [0.2, 0.25) is 0 Å². The Balaban J connectivity index is 1.57. The van der Waals surface area contributed by atoms with Gasteiger partial charge in [0.25, 0.3) is 5.91 Å². The second-order valence-electron chi connectivity index (χ2n) is 11.5. The van der Waals surface area contributed by atoms with E-state index in [9.17, 15) is 19.2 Å². The molecule has 1 N–H and O–H groups in total. The van der Waals surface area contributed by atoms with Crippen molar-refractivity contribution in [1.82, 2.24) is 25.1 Å². The number of esters is 1. The van der Waals surface area contributed by atoms with Crippen LogP contribution in [0.4, 0.5) is 10.6 Å². The Morgan fingerprint density at radius 3 is 2.27 bits per heavy atom. The number of carbonyl (C=O) groups is 4. The van der Waals surface area contributed by atoms with Crippen molar-refractivity contribution in [2.75, 3.05) is 50.8 Å². The third kappa shape index (κ3) is 8.51. The number of aromatic nitrogens is 2. The predicted molar refractivity (Wildman–Crippen MR) is 164 cm³/mol. The van der Waals surface area contributed by atoms with Gasteiger partial charge in [-0.1, -0.05) is 30.3 Å². The van der Waals surface area contributed by atoms with Crippen molar-refractivity contribution in [1.29, 1.82) is 0 Å². The maximum atomic E-state index is 13.8. The maximum Gasteiger partial charge on any atom is 0.409 e. The Kier molecular flexibility index (Phi) is 10.5. The molecule has 0 aliphatic carbocycles. The molecule has 44 heavy (non-hydrogen) atoms. The largest absolute Gasteiger partial charge is 0.460 e. The standard InChI is InChI=1S/C31H41N7O6/c1-6-43-30(42)37-18-16-36(17-19-37)29(41)23(12-13-26(39)44-31(3,4)5)34-28(40)24-20-25(38-15-14-32-21(38)2)35-27(33-24)22-10-8-7-9-11-22/h7-11,20,23H,6,12-19H2,1-5H3,(H,34,40)/t23-/m0/s1. The van der Waals surface area contributed by atoms with Gasteiger partial charge in [0.05, 0.1) is 13.2 Å². The first kappa shape index (κ1) is 32.4. The molecule has 1 atom stereocenters. The summed E-state index contributed by atoms with van der Waals surface area (Å²) in [4.78, 5) is 70.9. The van der Waals surface area contributed by atoms with E-state index >= 15 is 0 Å². The highest BCUT2D eigenvalue weighted by atomic mass is 16.6. The van der Waals surface area contributed by atoms with E-state index in [4.69, 9.17) is 14.5 Å². The SMILES string of the molecule is CCOC(=O)N1CCN(C(=O)[C@H](CCC(=O)OC(C)(C)C)NC(=O)c2cc(N3CCN=C3C)nc(-c3ccccc3)n2)CC1. The first-order valence-corrected chi connectivity index (χ1v) is 14.9. The molecule has 2 aliphatic rings. The smallest absolute Gasteiger partial charge is 0.409 e. The molecule has 4 rings (SSSR count). The Morgan fingerprint density at radius 2 is 1.66 bits per heavy atom. The lowest BCUT2D eigenvalue weighted by atomic mass is 10.1. The number of hydrogen-bond acceptors (Lipinski definition) is 10. The number of aliphatic imine (C=N–C) groups is 1. The summed E-state index contributed by atoms with van der Waals surface area (Å²) in [5.74, 6) is 0.254. The first-order valence-electron chi connectivity index (χ1n) is 14.9. The van der Waals surface area contributed by atoms with Crippen LogP contribution in [0.15, 0.2) is 41.4 Å². The third-order valence-electron chi connectivity index (χ3n) is 7.09. The molecule has 2 aliphatic heterocycles. The molecule has 236 valence electrons. The Hall–Kier alpha value is -4.55. The van der Waals surface area contributed by atoms with Gasteiger partial charge in [-0.25, -0.2) is 14.8 Å². The monoisotopic (exact) mass is 607 g/mol. The van der Waals surface area contributed by atoms with Gasteiger partial charge in [0.2, 0.25) is 5.91 Å². The second kappa shape index (κ2) is 14.3. The molecule has 2 aromatic rings. The van der Waals surface area contributed by atoms with Crippen molar-refractivity contribution in [3.63, 3.8) is 0 Å².